The number of benzene rings is 1. The SMILES string of the molecule is CCN(CC)c1ncc2c(n1)CCC(C(=O)Nc1ccc(F)cc1)C2. The number of hydrogen-bond donors (Lipinski definition) is 1. The van der Waals surface area contributed by atoms with Gasteiger partial charge in [-0.05, 0) is 62.9 Å². The van der Waals surface area contributed by atoms with Gasteiger partial charge in [0.2, 0.25) is 11.9 Å². The number of fused-ring (bicyclic) bond motifs is 1. The fourth-order valence-electron chi connectivity index (χ4n) is 3.16. The molecule has 0 radical (unpaired) electrons. The number of aryl methyl sites for hydroxylation is 1. The number of anilines is 2. The topological polar surface area (TPSA) is 58.1 Å². The molecule has 25 heavy (non-hydrogen) atoms. The van der Waals surface area contributed by atoms with Crippen LogP contribution in [0.1, 0.15) is 31.5 Å². The maximum Gasteiger partial charge on any atom is 0.227 e. The molecule has 132 valence electrons. The molecule has 1 heterocycles. The van der Waals surface area contributed by atoms with Crippen LogP contribution in [0.4, 0.5) is 16.0 Å². The van der Waals surface area contributed by atoms with Gasteiger partial charge < -0.3 is 10.2 Å². The molecule has 1 aromatic heterocycles. The Morgan fingerprint density at radius 3 is 2.68 bits per heavy atom. The van der Waals surface area contributed by atoms with Crippen molar-refractivity contribution in [2.24, 2.45) is 5.92 Å². The summed E-state index contributed by atoms with van der Waals surface area (Å²) < 4.78 is 13.0. The summed E-state index contributed by atoms with van der Waals surface area (Å²) >= 11 is 0. The molecule has 3 rings (SSSR count). The molecule has 2 aromatic rings. The summed E-state index contributed by atoms with van der Waals surface area (Å²) in [6.45, 7) is 5.92. The number of amides is 1. The zero-order valence-electron chi connectivity index (χ0n) is 14.6. The minimum absolute atomic E-state index is 0.0370. The van der Waals surface area contributed by atoms with Crippen molar-refractivity contribution >= 4 is 17.5 Å². The molecule has 1 N–H and O–H groups in total. The van der Waals surface area contributed by atoms with Crippen LogP contribution in [0.25, 0.3) is 0 Å². The summed E-state index contributed by atoms with van der Waals surface area (Å²) in [4.78, 5) is 23.7. The van der Waals surface area contributed by atoms with Gasteiger partial charge in [0, 0.05) is 36.6 Å². The van der Waals surface area contributed by atoms with Gasteiger partial charge in [-0.15, -0.1) is 0 Å². The van der Waals surface area contributed by atoms with Crippen molar-refractivity contribution in [1.29, 1.82) is 0 Å². The lowest BCUT2D eigenvalue weighted by Crippen LogP contribution is -2.30. The second-order valence-electron chi connectivity index (χ2n) is 6.25. The lowest BCUT2D eigenvalue weighted by molar-refractivity contribution is -0.120. The molecular formula is C19H23FN4O. The Kier molecular flexibility index (Phi) is 5.26. The second-order valence-corrected chi connectivity index (χ2v) is 6.25. The van der Waals surface area contributed by atoms with Gasteiger partial charge in [-0.2, -0.15) is 0 Å². The highest BCUT2D eigenvalue weighted by atomic mass is 19.1. The molecule has 1 aliphatic carbocycles. The van der Waals surface area contributed by atoms with Crippen LogP contribution in [0.2, 0.25) is 0 Å². The van der Waals surface area contributed by atoms with Gasteiger partial charge in [0.15, 0.2) is 0 Å². The molecule has 0 aliphatic heterocycles. The van der Waals surface area contributed by atoms with E-state index >= 15 is 0 Å². The minimum Gasteiger partial charge on any atom is -0.341 e. The van der Waals surface area contributed by atoms with Crippen LogP contribution in [0, 0.1) is 11.7 Å². The van der Waals surface area contributed by atoms with Crippen LogP contribution in [0.3, 0.4) is 0 Å². The molecule has 1 unspecified atom stereocenters. The van der Waals surface area contributed by atoms with E-state index in [1.807, 2.05) is 6.20 Å². The van der Waals surface area contributed by atoms with Crippen LogP contribution in [-0.2, 0) is 17.6 Å². The summed E-state index contributed by atoms with van der Waals surface area (Å²) in [6.07, 6.45) is 4.02. The summed E-state index contributed by atoms with van der Waals surface area (Å²) in [7, 11) is 0. The molecule has 0 saturated heterocycles. The molecular weight excluding hydrogens is 319 g/mol. The highest BCUT2D eigenvalue weighted by Crippen LogP contribution is 2.26. The van der Waals surface area contributed by atoms with Crippen molar-refractivity contribution < 1.29 is 9.18 Å². The lowest BCUT2D eigenvalue weighted by Gasteiger charge is -2.25. The first kappa shape index (κ1) is 17.3. The van der Waals surface area contributed by atoms with E-state index in [1.54, 1.807) is 12.1 Å². The maximum absolute atomic E-state index is 13.0. The minimum atomic E-state index is -0.314. The average Bonchev–Trinajstić information content (AvgIpc) is 2.64. The summed E-state index contributed by atoms with van der Waals surface area (Å²) in [5.41, 5.74) is 2.70. The van der Waals surface area contributed by atoms with E-state index in [0.717, 1.165) is 43.1 Å². The Morgan fingerprint density at radius 1 is 1.28 bits per heavy atom. The normalized spacial score (nSPS) is 16.2. The average molecular weight is 342 g/mol. The third kappa shape index (κ3) is 3.95. The van der Waals surface area contributed by atoms with Crippen LogP contribution in [-0.4, -0.2) is 29.0 Å². The molecule has 0 spiro atoms. The number of nitrogens with one attached hydrogen (secondary N) is 1. The van der Waals surface area contributed by atoms with Crippen LogP contribution >= 0.6 is 0 Å². The predicted molar refractivity (Wildman–Crippen MR) is 96.1 cm³/mol. The predicted octanol–water partition coefficient (Wildman–Crippen LogP) is 3.21. The molecule has 0 saturated carbocycles. The van der Waals surface area contributed by atoms with Crippen molar-refractivity contribution in [2.75, 3.05) is 23.3 Å². The summed E-state index contributed by atoms with van der Waals surface area (Å²) in [6, 6.07) is 5.83. The van der Waals surface area contributed by atoms with E-state index in [9.17, 15) is 9.18 Å². The second kappa shape index (κ2) is 7.59. The molecule has 0 bridgehead atoms. The first-order valence-electron chi connectivity index (χ1n) is 8.76. The number of halogens is 1. The quantitative estimate of drug-likeness (QED) is 0.906. The third-order valence-electron chi connectivity index (χ3n) is 4.67. The zero-order chi connectivity index (χ0) is 17.8. The van der Waals surface area contributed by atoms with Crippen molar-refractivity contribution in [3.05, 3.63) is 47.5 Å². The van der Waals surface area contributed by atoms with Crippen molar-refractivity contribution in [3.8, 4) is 0 Å². The van der Waals surface area contributed by atoms with Crippen LogP contribution in [0.5, 0.6) is 0 Å². The number of carbonyl (C=O) groups is 1. The Labute approximate surface area is 147 Å². The van der Waals surface area contributed by atoms with Crippen LogP contribution < -0.4 is 10.2 Å². The van der Waals surface area contributed by atoms with Gasteiger partial charge in [-0.3, -0.25) is 4.79 Å². The Morgan fingerprint density at radius 2 is 2.00 bits per heavy atom. The first-order valence-corrected chi connectivity index (χ1v) is 8.76. The molecule has 1 aliphatic rings. The van der Waals surface area contributed by atoms with E-state index in [-0.39, 0.29) is 17.6 Å². The van der Waals surface area contributed by atoms with E-state index in [4.69, 9.17) is 0 Å². The largest absolute Gasteiger partial charge is 0.341 e. The van der Waals surface area contributed by atoms with Gasteiger partial charge in [0.25, 0.3) is 0 Å². The number of nitrogens with zero attached hydrogens (tertiary/aromatic N) is 3. The van der Waals surface area contributed by atoms with E-state index < -0.39 is 0 Å². The fourth-order valence-corrected chi connectivity index (χ4v) is 3.16. The van der Waals surface area contributed by atoms with Gasteiger partial charge in [-0.1, -0.05) is 0 Å². The summed E-state index contributed by atoms with van der Waals surface area (Å²) in [5, 5.41) is 2.86. The molecule has 6 heteroatoms. The number of hydrogen-bond acceptors (Lipinski definition) is 4. The zero-order valence-corrected chi connectivity index (χ0v) is 14.6. The number of aromatic nitrogens is 2. The highest BCUT2D eigenvalue weighted by Gasteiger charge is 2.26. The van der Waals surface area contributed by atoms with E-state index in [0.29, 0.717) is 12.1 Å². The van der Waals surface area contributed by atoms with Gasteiger partial charge in [-0.25, -0.2) is 14.4 Å². The summed E-state index contributed by atoms with van der Waals surface area (Å²) in [5.74, 6) is 0.300. The van der Waals surface area contributed by atoms with E-state index in [2.05, 4.69) is 34.0 Å². The highest BCUT2D eigenvalue weighted by molar-refractivity contribution is 5.92. The Bertz CT molecular complexity index is 744. The van der Waals surface area contributed by atoms with Gasteiger partial charge in [0.05, 0.1) is 0 Å². The maximum atomic E-state index is 13.0. The standard InChI is InChI=1S/C19H23FN4O/c1-3-24(4-2)19-21-12-14-11-13(5-10-17(14)23-19)18(25)22-16-8-6-15(20)7-9-16/h6-9,12-13H,3-5,10-11H2,1-2H3,(H,22,25). The fraction of sp³-hybridized carbons (Fsp3) is 0.421. The van der Waals surface area contributed by atoms with Crippen molar-refractivity contribution in [3.63, 3.8) is 0 Å². The molecule has 0 fully saturated rings. The molecule has 5 nitrogen and oxygen atoms in total. The van der Waals surface area contributed by atoms with Crippen molar-refractivity contribution in [2.45, 2.75) is 33.1 Å². The van der Waals surface area contributed by atoms with Crippen molar-refractivity contribution in [1.82, 2.24) is 9.97 Å². The number of rotatable bonds is 5. The van der Waals surface area contributed by atoms with Crippen LogP contribution in [0.15, 0.2) is 30.5 Å². The lowest BCUT2D eigenvalue weighted by atomic mass is 9.86. The molecule has 1 atom stereocenters. The third-order valence-corrected chi connectivity index (χ3v) is 4.67. The molecule has 1 aromatic carbocycles. The Balaban J connectivity index is 1.68. The Hall–Kier alpha value is -2.50. The van der Waals surface area contributed by atoms with E-state index in [1.165, 1.54) is 12.1 Å². The van der Waals surface area contributed by atoms with Gasteiger partial charge >= 0.3 is 0 Å². The number of carbonyl (C=O) groups excluding carboxylic acids is 1. The van der Waals surface area contributed by atoms with Gasteiger partial charge in [0.1, 0.15) is 5.82 Å². The smallest absolute Gasteiger partial charge is 0.227 e. The molecule has 1 amide bonds. The monoisotopic (exact) mass is 342 g/mol. The first-order chi connectivity index (χ1) is 12.1.